The highest BCUT2D eigenvalue weighted by Crippen LogP contribution is 2.45. The maximum Gasteiger partial charge on any atom is 0.350 e. The third-order valence-corrected chi connectivity index (χ3v) is 5.41. The van der Waals surface area contributed by atoms with Crippen LogP contribution in [0.15, 0.2) is 15.8 Å². The molecule has 1 fully saturated rings. The average molecular weight is 616 g/mol. The third-order valence-electron chi connectivity index (χ3n) is 3.58. The summed E-state index contributed by atoms with van der Waals surface area (Å²) < 4.78 is 24.9. The summed E-state index contributed by atoms with van der Waals surface area (Å²) in [5.41, 5.74) is -1.40. The number of nitrogens with one attached hydrogen (secondary N) is 1. The van der Waals surface area contributed by atoms with E-state index in [0.29, 0.717) is 0 Å². The molecule has 1 aromatic rings. The van der Waals surface area contributed by atoms with E-state index in [1.807, 2.05) is 4.98 Å². The molecule has 28 heavy (non-hydrogen) atoms. The fourth-order valence-electron chi connectivity index (χ4n) is 2.22. The van der Waals surface area contributed by atoms with E-state index in [4.69, 9.17) is 4.74 Å². The van der Waals surface area contributed by atoms with Gasteiger partial charge in [0, 0.05) is 11.8 Å². The monoisotopic (exact) mass is 613 g/mol. The van der Waals surface area contributed by atoms with Gasteiger partial charge in [-0.1, -0.05) is 0 Å². The number of phosphoric acid groups is 1. The number of nitrogens with zero attached hydrogens (tertiary/aromatic N) is 1. The van der Waals surface area contributed by atoms with Crippen LogP contribution in [0.2, 0.25) is 0 Å². The number of ether oxygens (including phenoxy) is 1. The Labute approximate surface area is 181 Å². The number of H-pyrrole nitrogens is 1. The van der Waals surface area contributed by atoms with E-state index in [2.05, 4.69) is 56.8 Å². The molecular weight excluding hydrogens is 603 g/mol. The first kappa shape index (κ1) is 23.9. The van der Waals surface area contributed by atoms with Crippen LogP contribution in [0, 0.1) is 6.92 Å². The smallest absolute Gasteiger partial charge is 0.350 e. The van der Waals surface area contributed by atoms with Crippen LogP contribution in [0.4, 0.5) is 0 Å². The van der Waals surface area contributed by atoms with Gasteiger partial charge in [-0.05, 0) is 54.7 Å². The quantitative estimate of drug-likeness (QED) is 0.284. The highest BCUT2D eigenvalue weighted by atomic mass is 80.0. The normalized spacial score (nSPS) is 27.4. The number of aromatic amines is 1. The first-order chi connectivity index (χ1) is 12.7. The number of carbonyl (C=O) groups excluding carboxylic acids is 1. The number of aromatic nitrogens is 2. The maximum atomic E-state index is 11.9. The summed E-state index contributed by atoms with van der Waals surface area (Å²) >= 11 is 8.31. The number of aliphatic hydroxyl groups excluding tert-OH is 2. The molecule has 1 aliphatic rings. The predicted molar refractivity (Wildman–Crippen MR) is 101 cm³/mol. The molecule has 0 aromatic carbocycles. The highest BCUT2D eigenvalue weighted by molar-refractivity contribution is 9.40. The van der Waals surface area contributed by atoms with Gasteiger partial charge < -0.3 is 28.9 Å². The van der Waals surface area contributed by atoms with E-state index < -0.39 is 58.3 Å². The van der Waals surface area contributed by atoms with Crippen molar-refractivity contribution in [2.45, 2.75) is 33.6 Å². The third kappa shape index (κ3) is 5.61. The molecule has 0 aliphatic carbocycles. The van der Waals surface area contributed by atoms with Crippen molar-refractivity contribution < 1.29 is 38.3 Å². The molecule has 5 atom stereocenters. The predicted octanol–water partition coefficient (Wildman–Crippen LogP) is -0.669. The van der Waals surface area contributed by atoms with Gasteiger partial charge in [-0.25, -0.2) is 9.59 Å². The standard InChI is InChI=1S/C12H14Br3N2O10P/c1-4-2-17(11(22)16-8(4)20)9-7(19)6(18)5(26-9)3-25-28(23,24)27-10(21)12(13,14)15/h2,5-7,9,18-19H,3H2,1H3,(H,23,24)(H,16,20,22)/p-1/t5-,6-,7-,9-/m1/s1. The van der Waals surface area contributed by atoms with Gasteiger partial charge in [-0.2, -0.15) is 0 Å². The van der Waals surface area contributed by atoms with Crippen LogP contribution in [-0.4, -0.2) is 52.8 Å². The van der Waals surface area contributed by atoms with Crippen molar-refractivity contribution in [2.24, 2.45) is 0 Å². The molecule has 1 aromatic heterocycles. The Morgan fingerprint density at radius 3 is 2.57 bits per heavy atom. The highest BCUT2D eigenvalue weighted by Gasteiger charge is 2.45. The van der Waals surface area contributed by atoms with Crippen molar-refractivity contribution in [3.8, 4) is 0 Å². The molecule has 1 unspecified atom stereocenters. The summed E-state index contributed by atoms with van der Waals surface area (Å²) in [6, 6.07) is 0. The molecule has 0 bridgehead atoms. The number of hydrogen-bond acceptors (Lipinski definition) is 10. The first-order valence-corrected chi connectivity index (χ1v) is 11.2. The molecule has 0 saturated carbocycles. The zero-order valence-electron chi connectivity index (χ0n) is 13.8. The number of aliphatic hydroxyl groups is 2. The van der Waals surface area contributed by atoms with E-state index in [-0.39, 0.29) is 5.56 Å². The van der Waals surface area contributed by atoms with Crippen molar-refractivity contribution in [1.82, 2.24) is 9.55 Å². The van der Waals surface area contributed by atoms with Crippen LogP contribution >= 0.6 is 55.6 Å². The molecule has 2 rings (SSSR count). The minimum Gasteiger partial charge on any atom is -0.746 e. The minimum absolute atomic E-state index is 0.142. The van der Waals surface area contributed by atoms with Crippen LogP contribution in [-0.2, 0) is 23.1 Å². The summed E-state index contributed by atoms with van der Waals surface area (Å²) in [6.45, 7) is 0.590. The first-order valence-electron chi connectivity index (χ1n) is 7.33. The Bertz CT molecular complexity index is 912. The summed E-state index contributed by atoms with van der Waals surface area (Å²) in [6.07, 6.45) is -4.96. The molecule has 1 aliphatic heterocycles. The molecule has 0 amide bonds. The van der Waals surface area contributed by atoms with E-state index in [9.17, 15) is 34.1 Å². The van der Waals surface area contributed by atoms with E-state index in [0.717, 1.165) is 10.8 Å². The van der Waals surface area contributed by atoms with Gasteiger partial charge in [0.1, 0.15) is 18.3 Å². The fraction of sp³-hybridized carbons (Fsp3) is 0.583. The van der Waals surface area contributed by atoms with E-state index in [1.165, 1.54) is 6.92 Å². The second-order valence-electron chi connectivity index (χ2n) is 5.64. The molecule has 0 spiro atoms. The van der Waals surface area contributed by atoms with Crippen molar-refractivity contribution in [3.05, 3.63) is 32.6 Å². The Hall–Kier alpha value is -0.380. The summed E-state index contributed by atoms with van der Waals surface area (Å²) in [7, 11) is -5.14. The van der Waals surface area contributed by atoms with Gasteiger partial charge in [-0.15, -0.1) is 0 Å². The molecular formula is C12H13Br3N2O10P-. The van der Waals surface area contributed by atoms with Crippen molar-refractivity contribution in [3.63, 3.8) is 0 Å². The lowest BCUT2D eigenvalue weighted by molar-refractivity contribution is -0.227. The van der Waals surface area contributed by atoms with Crippen LogP contribution in [0.1, 0.15) is 11.8 Å². The van der Waals surface area contributed by atoms with Gasteiger partial charge >= 0.3 is 19.5 Å². The summed E-state index contributed by atoms with van der Waals surface area (Å²) in [5, 5.41) is 20.2. The van der Waals surface area contributed by atoms with Gasteiger partial charge in [0.25, 0.3) is 5.56 Å². The Kier molecular flexibility index (Phi) is 7.49. The van der Waals surface area contributed by atoms with Gasteiger partial charge in [0.05, 0.1) is 6.61 Å². The fourth-order valence-corrected chi connectivity index (χ4v) is 3.56. The molecule has 3 N–H and O–H groups in total. The van der Waals surface area contributed by atoms with E-state index >= 15 is 0 Å². The van der Waals surface area contributed by atoms with Crippen molar-refractivity contribution in [1.29, 1.82) is 0 Å². The number of aryl methyl sites for hydroxylation is 1. The SMILES string of the molecule is Cc1cn([C@@H]2O[C@H](COP(=O)([O-])OC(=O)C(Br)(Br)Br)[C@@H](O)[C@H]2O)c(=O)[nH]c1=O. The lowest BCUT2D eigenvalue weighted by Crippen LogP contribution is -2.38. The van der Waals surface area contributed by atoms with Gasteiger partial charge in [-0.3, -0.25) is 18.9 Å². The van der Waals surface area contributed by atoms with Crippen LogP contribution in [0.5, 0.6) is 0 Å². The number of carbonyl (C=O) groups is 1. The van der Waals surface area contributed by atoms with Crippen LogP contribution in [0.3, 0.4) is 0 Å². The Morgan fingerprint density at radius 1 is 1.39 bits per heavy atom. The van der Waals surface area contributed by atoms with Crippen molar-refractivity contribution in [2.75, 3.05) is 6.61 Å². The topological polar surface area (TPSA) is 180 Å². The van der Waals surface area contributed by atoms with Gasteiger partial charge in [0.15, 0.2) is 6.23 Å². The largest absolute Gasteiger partial charge is 0.746 e. The summed E-state index contributed by atoms with van der Waals surface area (Å²) in [5.74, 6) is -1.29. The molecule has 158 valence electrons. The molecule has 12 nitrogen and oxygen atoms in total. The number of phosphoric ester groups is 1. The number of hydrogen-bond donors (Lipinski definition) is 3. The molecule has 16 heteroatoms. The lowest BCUT2D eigenvalue weighted by Gasteiger charge is -2.26. The zero-order chi connectivity index (χ0) is 21.4. The Balaban J connectivity index is 2.10. The second kappa shape index (κ2) is 8.78. The van der Waals surface area contributed by atoms with Crippen molar-refractivity contribution >= 4 is 61.6 Å². The lowest BCUT2D eigenvalue weighted by atomic mass is 10.1. The van der Waals surface area contributed by atoms with Crippen LogP contribution < -0.4 is 16.1 Å². The second-order valence-corrected chi connectivity index (χ2v) is 13.7. The van der Waals surface area contributed by atoms with E-state index in [1.54, 1.807) is 0 Å². The maximum absolute atomic E-state index is 11.9. The summed E-state index contributed by atoms with van der Waals surface area (Å²) in [4.78, 5) is 48.6. The van der Waals surface area contributed by atoms with Crippen LogP contribution in [0.25, 0.3) is 0 Å². The molecule has 1 saturated heterocycles. The number of rotatable bonds is 5. The molecule has 2 heterocycles. The molecule has 0 radical (unpaired) electrons. The average Bonchev–Trinajstić information content (AvgIpc) is 2.83. The minimum atomic E-state index is -5.14. The number of alkyl halides is 3. The Morgan fingerprint density at radius 2 is 2.00 bits per heavy atom. The zero-order valence-corrected chi connectivity index (χ0v) is 19.4. The van der Waals surface area contributed by atoms with Gasteiger partial charge in [0.2, 0.25) is 2.14 Å². The number of halogens is 3.